The average molecular weight is 251 g/mol. The summed E-state index contributed by atoms with van der Waals surface area (Å²) in [4.78, 5) is 16.8. The second kappa shape index (κ2) is 4.81. The SMILES string of the molecule is CC1=CC2CN=C(C3[B]CC[B]C3=O)C2C(C)=C1C. The number of aliphatic imine (C=N–C) groups is 1. The average Bonchev–Trinajstić information content (AvgIpc) is 2.80. The summed E-state index contributed by atoms with van der Waals surface area (Å²) in [5, 5.41) is 0. The number of fused-ring (bicyclic) bond motifs is 1. The molecule has 1 fully saturated rings. The Bertz CT molecular complexity index is 518. The number of hydrogen-bond donors (Lipinski definition) is 0. The van der Waals surface area contributed by atoms with Gasteiger partial charge in [0.25, 0.3) is 0 Å². The van der Waals surface area contributed by atoms with Crippen molar-refractivity contribution in [2.75, 3.05) is 6.54 Å². The molecule has 0 bridgehead atoms. The molecule has 19 heavy (non-hydrogen) atoms. The predicted molar refractivity (Wildman–Crippen MR) is 81.3 cm³/mol. The van der Waals surface area contributed by atoms with Gasteiger partial charge in [0.1, 0.15) is 7.28 Å². The molecule has 3 unspecified atom stereocenters. The van der Waals surface area contributed by atoms with Crippen LogP contribution in [-0.2, 0) is 4.79 Å². The number of carbonyl (C=O) groups excluding carboxylic acids is 1. The predicted octanol–water partition coefficient (Wildman–Crippen LogP) is 2.54. The Morgan fingerprint density at radius 1 is 1.26 bits per heavy atom. The molecule has 0 aromatic carbocycles. The van der Waals surface area contributed by atoms with Crippen LogP contribution in [0.4, 0.5) is 0 Å². The first-order valence-corrected chi connectivity index (χ1v) is 7.20. The minimum atomic E-state index is -0.0571. The van der Waals surface area contributed by atoms with Gasteiger partial charge in [-0.1, -0.05) is 29.9 Å². The van der Waals surface area contributed by atoms with E-state index in [1.165, 1.54) is 16.7 Å². The third-order valence-electron chi connectivity index (χ3n) is 4.88. The van der Waals surface area contributed by atoms with E-state index < -0.39 is 0 Å². The maximum atomic E-state index is 12.1. The summed E-state index contributed by atoms with van der Waals surface area (Å²) in [5.41, 5.74) is 5.53. The van der Waals surface area contributed by atoms with Gasteiger partial charge in [0.05, 0.1) is 5.68 Å². The number of rotatable bonds is 1. The highest BCUT2D eigenvalue weighted by atomic mass is 16.1. The molecular weight excluding hydrogens is 232 g/mol. The van der Waals surface area contributed by atoms with Crippen LogP contribution < -0.4 is 0 Å². The molecule has 0 N–H and O–H groups in total. The Morgan fingerprint density at radius 2 is 2.05 bits per heavy atom. The quantitative estimate of drug-likeness (QED) is 0.658. The van der Waals surface area contributed by atoms with Gasteiger partial charge in [-0.3, -0.25) is 4.99 Å². The van der Waals surface area contributed by atoms with Crippen molar-refractivity contribution in [1.29, 1.82) is 0 Å². The van der Waals surface area contributed by atoms with Crippen molar-refractivity contribution < 1.29 is 4.79 Å². The molecule has 0 saturated carbocycles. The van der Waals surface area contributed by atoms with Gasteiger partial charge in [0, 0.05) is 29.9 Å². The van der Waals surface area contributed by atoms with Crippen molar-refractivity contribution in [2.45, 2.75) is 39.2 Å². The van der Waals surface area contributed by atoms with Gasteiger partial charge in [-0.15, -0.1) is 0 Å². The number of carbonyl (C=O) groups is 1. The minimum Gasteiger partial charge on any atom is -0.312 e. The molecule has 2 aliphatic heterocycles. The van der Waals surface area contributed by atoms with Crippen LogP contribution in [0.3, 0.4) is 0 Å². The topological polar surface area (TPSA) is 29.4 Å². The monoisotopic (exact) mass is 251 g/mol. The normalized spacial score (nSPS) is 34.3. The minimum absolute atomic E-state index is 0.0571. The maximum Gasteiger partial charge on any atom is 0.201 e. The first-order chi connectivity index (χ1) is 9.09. The Kier molecular flexibility index (Phi) is 3.28. The van der Waals surface area contributed by atoms with Crippen molar-refractivity contribution in [2.24, 2.45) is 16.8 Å². The highest BCUT2D eigenvalue weighted by molar-refractivity contribution is 6.84. The molecule has 2 nitrogen and oxygen atoms in total. The van der Waals surface area contributed by atoms with E-state index in [1.807, 2.05) is 7.28 Å². The number of nitrogens with zero attached hydrogens (tertiary/aromatic N) is 1. The highest BCUT2D eigenvalue weighted by Crippen LogP contribution is 2.41. The first-order valence-electron chi connectivity index (χ1n) is 7.20. The molecule has 0 aromatic rings. The van der Waals surface area contributed by atoms with E-state index in [2.05, 4.69) is 34.1 Å². The summed E-state index contributed by atoms with van der Waals surface area (Å²) in [5.74, 6) is 0.778. The van der Waals surface area contributed by atoms with Crippen LogP contribution in [0.25, 0.3) is 0 Å². The van der Waals surface area contributed by atoms with Crippen molar-refractivity contribution in [3.8, 4) is 0 Å². The van der Waals surface area contributed by atoms with E-state index in [-0.39, 0.29) is 11.5 Å². The summed E-state index contributed by atoms with van der Waals surface area (Å²) in [6.45, 7) is 7.42. The van der Waals surface area contributed by atoms with E-state index in [1.54, 1.807) is 0 Å². The van der Waals surface area contributed by atoms with E-state index in [0.717, 1.165) is 24.9 Å². The van der Waals surface area contributed by atoms with Gasteiger partial charge in [0.15, 0.2) is 0 Å². The van der Waals surface area contributed by atoms with Gasteiger partial charge in [0.2, 0.25) is 7.28 Å². The van der Waals surface area contributed by atoms with Crippen molar-refractivity contribution >= 4 is 26.0 Å². The van der Waals surface area contributed by atoms with Crippen molar-refractivity contribution in [1.82, 2.24) is 0 Å². The lowest BCUT2D eigenvalue weighted by molar-refractivity contribution is -0.111. The van der Waals surface area contributed by atoms with E-state index >= 15 is 0 Å². The zero-order valence-corrected chi connectivity index (χ0v) is 11.9. The highest BCUT2D eigenvalue weighted by Gasteiger charge is 2.40. The Labute approximate surface area is 116 Å². The van der Waals surface area contributed by atoms with Gasteiger partial charge in [-0.2, -0.15) is 0 Å². The molecule has 0 spiro atoms. The van der Waals surface area contributed by atoms with Crippen LogP contribution in [-0.4, -0.2) is 32.5 Å². The molecule has 4 heteroatoms. The lowest BCUT2D eigenvalue weighted by atomic mass is 9.41. The first kappa shape index (κ1) is 13.0. The molecule has 2 radical (unpaired) electrons. The second-order valence-corrected chi connectivity index (χ2v) is 5.96. The molecule has 1 aliphatic carbocycles. The Balaban J connectivity index is 1.92. The van der Waals surface area contributed by atoms with Gasteiger partial charge in [-0.05, 0) is 26.3 Å². The van der Waals surface area contributed by atoms with Gasteiger partial charge < -0.3 is 4.79 Å². The molecule has 3 rings (SSSR count). The van der Waals surface area contributed by atoms with Gasteiger partial charge in [-0.25, -0.2) is 0 Å². The molecule has 3 atom stereocenters. The molecule has 3 aliphatic rings. The van der Waals surface area contributed by atoms with Crippen LogP contribution in [0.5, 0.6) is 0 Å². The lowest BCUT2D eigenvalue weighted by Crippen LogP contribution is -2.36. The number of hydrogen-bond acceptors (Lipinski definition) is 2. The molecular formula is C15H19B2NO. The Morgan fingerprint density at radius 3 is 2.79 bits per heavy atom. The largest absolute Gasteiger partial charge is 0.312 e. The standard InChI is InChI=1S/C15H19B2NO/c1-8-6-11-7-18-14(12(11)10(3)9(8)2)13-15(19)17-5-4-16-13/h6,11-13H,4-5,7H2,1-3H3. The zero-order valence-electron chi connectivity index (χ0n) is 11.9. The lowest BCUT2D eigenvalue weighted by Gasteiger charge is -2.31. The fraction of sp³-hybridized carbons (Fsp3) is 0.600. The zero-order chi connectivity index (χ0) is 13.6. The van der Waals surface area contributed by atoms with Crippen LogP contribution in [0, 0.1) is 11.8 Å². The summed E-state index contributed by atoms with van der Waals surface area (Å²) in [6, 6.07) is 0. The third-order valence-corrected chi connectivity index (χ3v) is 4.88. The maximum absolute atomic E-state index is 12.1. The van der Waals surface area contributed by atoms with Crippen molar-refractivity contribution in [3.05, 3.63) is 22.8 Å². The summed E-state index contributed by atoms with van der Waals surface area (Å²) in [6.07, 6.45) is 4.24. The Hall–Kier alpha value is -1.05. The molecule has 2 heterocycles. The third kappa shape index (κ3) is 2.05. The summed E-state index contributed by atoms with van der Waals surface area (Å²) < 4.78 is 0. The second-order valence-electron chi connectivity index (χ2n) is 5.96. The van der Waals surface area contributed by atoms with Crippen LogP contribution >= 0.6 is 0 Å². The summed E-state index contributed by atoms with van der Waals surface area (Å²) >= 11 is 0. The fourth-order valence-corrected chi connectivity index (χ4v) is 3.61. The van der Waals surface area contributed by atoms with E-state index in [0.29, 0.717) is 11.8 Å². The molecule has 1 saturated heterocycles. The fourth-order valence-electron chi connectivity index (χ4n) is 3.61. The smallest absolute Gasteiger partial charge is 0.201 e. The van der Waals surface area contributed by atoms with Crippen LogP contribution in [0.15, 0.2) is 27.8 Å². The van der Waals surface area contributed by atoms with Crippen LogP contribution in [0.2, 0.25) is 18.5 Å². The van der Waals surface area contributed by atoms with E-state index in [4.69, 9.17) is 4.99 Å². The van der Waals surface area contributed by atoms with E-state index in [9.17, 15) is 4.79 Å². The number of allylic oxidation sites excluding steroid dienone is 3. The molecule has 0 aromatic heterocycles. The summed E-state index contributed by atoms with van der Waals surface area (Å²) in [7, 11) is 4.01. The molecule has 96 valence electrons. The molecule has 0 amide bonds. The van der Waals surface area contributed by atoms with Gasteiger partial charge >= 0.3 is 0 Å². The van der Waals surface area contributed by atoms with Crippen LogP contribution in [0.1, 0.15) is 20.8 Å². The van der Waals surface area contributed by atoms with Crippen molar-refractivity contribution in [3.63, 3.8) is 0 Å².